The molecule has 0 saturated carbocycles. The minimum atomic E-state index is -0.883. The molecule has 0 fully saturated rings. The topological polar surface area (TPSA) is 26.0 Å². The Labute approximate surface area is 128 Å². The van der Waals surface area contributed by atoms with E-state index in [4.69, 9.17) is 17.3 Å². The summed E-state index contributed by atoms with van der Waals surface area (Å²) in [5.74, 6) is -1.37. The van der Waals surface area contributed by atoms with Crippen molar-refractivity contribution in [3.05, 3.63) is 53.6 Å². The largest absolute Gasteiger partial charge is 0.319 e. The normalized spacial score (nSPS) is 12.8. The molecule has 96 valence electrons. The van der Waals surface area contributed by atoms with Gasteiger partial charge in [0, 0.05) is 14.9 Å². The standard InChI is InChI=1S/C11H6Br2ClF2NS/c12-4-1-6(15)9(7(16)2-4)10(17)8-3-5(14)11(13)18-8/h1-3,10H,17H2. The molecule has 1 atom stereocenters. The van der Waals surface area contributed by atoms with Crippen LogP contribution < -0.4 is 5.73 Å². The van der Waals surface area contributed by atoms with Crippen molar-refractivity contribution < 1.29 is 8.78 Å². The van der Waals surface area contributed by atoms with Crippen LogP contribution in [0, 0.1) is 11.6 Å². The highest BCUT2D eigenvalue weighted by Crippen LogP contribution is 2.38. The van der Waals surface area contributed by atoms with Gasteiger partial charge in [0.15, 0.2) is 0 Å². The fraction of sp³-hybridized carbons (Fsp3) is 0.0909. The number of halogens is 5. The maximum atomic E-state index is 13.8. The fourth-order valence-corrected chi connectivity index (χ4v) is 3.67. The molecule has 1 nitrogen and oxygen atoms in total. The molecule has 2 aromatic rings. The van der Waals surface area contributed by atoms with Gasteiger partial charge in [0.1, 0.15) is 11.6 Å². The van der Waals surface area contributed by atoms with Crippen LogP contribution in [0.4, 0.5) is 8.78 Å². The lowest BCUT2D eigenvalue weighted by Gasteiger charge is -2.12. The Morgan fingerprint density at radius 3 is 2.17 bits per heavy atom. The smallest absolute Gasteiger partial charge is 0.132 e. The first-order chi connectivity index (χ1) is 8.40. The second-order valence-corrected chi connectivity index (χ2v) is 7.26. The van der Waals surface area contributed by atoms with E-state index in [0.29, 0.717) is 18.2 Å². The number of hydrogen-bond donors (Lipinski definition) is 1. The van der Waals surface area contributed by atoms with Gasteiger partial charge in [-0.25, -0.2) is 8.78 Å². The van der Waals surface area contributed by atoms with Crippen LogP contribution in [0.2, 0.25) is 5.02 Å². The lowest BCUT2D eigenvalue weighted by Crippen LogP contribution is -2.14. The zero-order valence-electron chi connectivity index (χ0n) is 8.68. The van der Waals surface area contributed by atoms with E-state index >= 15 is 0 Å². The Morgan fingerprint density at radius 1 is 1.17 bits per heavy atom. The van der Waals surface area contributed by atoms with Gasteiger partial charge in [0.25, 0.3) is 0 Å². The van der Waals surface area contributed by atoms with Gasteiger partial charge in [-0.05, 0) is 34.1 Å². The third-order valence-electron chi connectivity index (χ3n) is 2.33. The first-order valence-corrected chi connectivity index (χ1v) is 7.53. The molecule has 2 rings (SSSR count). The van der Waals surface area contributed by atoms with E-state index in [9.17, 15) is 8.78 Å². The van der Waals surface area contributed by atoms with Crippen LogP contribution in [0.25, 0.3) is 0 Å². The molecule has 1 aromatic carbocycles. The maximum Gasteiger partial charge on any atom is 0.132 e. The van der Waals surface area contributed by atoms with Gasteiger partial charge in [-0.15, -0.1) is 11.3 Å². The van der Waals surface area contributed by atoms with E-state index in [1.807, 2.05) is 0 Å². The molecule has 1 unspecified atom stereocenters. The lowest BCUT2D eigenvalue weighted by atomic mass is 10.1. The average Bonchev–Trinajstić information content (AvgIpc) is 2.57. The molecule has 18 heavy (non-hydrogen) atoms. The molecule has 0 spiro atoms. The van der Waals surface area contributed by atoms with Crippen molar-refractivity contribution >= 4 is 54.8 Å². The number of hydrogen-bond acceptors (Lipinski definition) is 2. The summed E-state index contributed by atoms with van der Waals surface area (Å²) in [4.78, 5) is 0.590. The molecule has 0 aliphatic heterocycles. The van der Waals surface area contributed by atoms with Crippen LogP contribution in [-0.4, -0.2) is 0 Å². The molecule has 7 heteroatoms. The summed E-state index contributed by atoms with van der Waals surface area (Å²) in [7, 11) is 0. The minimum absolute atomic E-state index is 0.163. The van der Waals surface area contributed by atoms with Crippen LogP contribution in [0.15, 0.2) is 26.5 Å². The van der Waals surface area contributed by atoms with Crippen molar-refractivity contribution in [3.63, 3.8) is 0 Å². The highest BCUT2D eigenvalue weighted by atomic mass is 79.9. The Balaban J connectivity index is 2.49. The summed E-state index contributed by atoms with van der Waals surface area (Å²) in [6, 6.07) is 3.08. The second-order valence-electron chi connectivity index (χ2n) is 3.53. The summed E-state index contributed by atoms with van der Waals surface area (Å²) in [5, 5.41) is 0.475. The Morgan fingerprint density at radius 2 is 1.72 bits per heavy atom. The van der Waals surface area contributed by atoms with Gasteiger partial charge in [0.05, 0.1) is 14.9 Å². The monoisotopic (exact) mass is 415 g/mol. The average molecular weight is 418 g/mol. The molecule has 1 aromatic heterocycles. The second kappa shape index (κ2) is 5.54. The molecule has 0 amide bonds. The van der Waals surface area contributed by atoms with Crippen LogP contribution >= 0.6 is 54.8 Å². The van der Waals surface area contributed by atoms with E-state index in [1.165, 1.54) is 23.5 Å². The quantitative estimate of drug-likeness (QED) is 0.709. The van der Waals surface area contributed by atoms with Crippen LogP contribution in [0.5, 0.6) is 0 Å². The maximum absolute atomic E-state index is 13.8. The number of benzene rings is 1. The molecule has 0 aliphatic rings. The summed E-state index contributed by atoms with van der Waals surface area (Å²) >= 11 is 13.4. The summed E-state index contributed by atoms with van der Waals surface area (Å²) in [5.41, 5.74) is 5.72. The van der Waals surface area contributed by atoms with E-state index in [-0.39, 0.29) is 5.56 Å². The Kier molecular flexibility index (Phi) is 4.44. The summed E-state index contributed by atoms with van der Waals surface area (Å²) in [6.45, 7) is 0. The number of rotatable bonds is 2. The molecule has 0 saturated heterocycles. The van der Waals surface area contributed by atoms with Crippen molar-refractivity contribution in [2.75, 3.05) is 0 Å². The predicted molar refractivity (Wildman–Crippen MR) is 77.1 cm³/mol. The molecular formula is C11H6Br2ClF2NS. The van der Waals surface area contributed by atoms with Crippen molar-refractivity contribution in [2.24, 2.45) is 5.73 Å². The third-order valence-corrected chi connectivity index (χ3v) is 5.34. The van der Waals surface area contributed by atoms with Crippen LogP contribution in [-0.2, 0) is 0 Å². The minimum Gasteiger partial charge on any atom is -0.319 e. The van der Waals surface area contributed by atoms with Crippen molar-refractivity contribution in [1.82, 2.24) is 0 Å². The molecule has 2 N–H and O–H groups in total. The molecule has 0 bridgehead atoms. The SMILES string of the molecule is NC(c1cc(Cl)c(Br)s1)c1c(F)cc(Br)cc1F. The Hall–Kier alpha value is -0.0100. The van der Waals surface area contributed by atoms with E-state index in [1.54, 1.807) is 6.07 Å². The van der Waals surface area contributed by atoms with E-state index in [2.05, 4.69) is 31.9 Å². The van der Waals surface area contributed by atoms with Gasteiger partial charge in [0.2, 0.25) is 0 Å². The van der Waals surface area contributed by atoms with Gasteiger partial charge >= 0.3 is 0 Å². The van der Waals surface area contributed by atoms with Crippen molar-refractivity contribution in [1.29, 1.82) is 0 Å². The van der Waals surface area contributed by atoms with E-state index in [0.717, 1.165) is 0 Å². The van der Waals surface area contributed by atoms with Crippen molar-refractivity contribution in [2.45, 2.75) is 6.04 Å². The van der Waals surface area contributed by atoms with Gasteiger partial charge in [-0.3, -0.25) is 0 Å². The zero-order chi connectivity index (χ0) is 13.4. The molecule has 0 aliphatic carbocycles. The third kappa shape index (κ3) is 2.77. The summed E-state index contributed by atoms with van der Waals surface area (Å²) in [6.07, 6.45) is 0. The van der Waals surface area contributed by atoms with Crippen LogP contribution in [0.3, 0.4) is 0 Å². The highest BCUT2D eigenvalue weighted by molar-refractivity contribution is 9.11. The molecular weight excluding hydrogens is 411 g/mol. The van der Waals surface area contributed by atoms with Crippen LogP contribution in [0.1, 0.15) is 16.5 Å². The van der Waals surface area contributed by atoms with Gasteiger partial charge < -0.3 is 5.73 Å². The van der Waals surface area contributed by atoms with E-state index < -0.39 is 17.7 Å². The predicted octanol–water partition coefficient (Wildman–Crippen LogP) is 5.25. The van der Waals surface area contributed by atoms with Crippen molar-refractivity contribution in [3.8, 4) is 0 Å². The fourth-order valence-electron chi connectivity index (χ4n) is 1.51. The summed E-state index contributed by atoms with van der Waals surface area (Å²) < 4.78 is 28.5. The van der Waals surface area contributed by atoms with Gasteiger partial charge in [-0.1, -0.05) is 27.5 Å². The first-order valence-electron chi connectivity index (χ1n) is 4.75. The zero-order valence-corrected chi connectivity index (χ0v) is 13.4. The Bertz CT molecular complexity index is 560. The number of nitrogens with two attached hydrogens (primary N) is 1. The number of thiophene rings is 1. The molecule has 1 heterocycles. The highest BCUT2D eigenvalue weighted by Gasteiger charge is 2.21. The molecule has 0 radical (unpaired) electrons. The first kappa shape index (κ1) is 14.4. The lowest BCUT2D eigenvalue weighted by molar-refractivity contribution is 0.543. The van der Waals surface area contributed by atoms with Gasteiger partial charge in [-0.2, -0.15) is 0 Å².